The minimum atomic E-state index is -0.304. The van der Waals surface area contributed by atoms with Crippen LogP contribution in [0.15, 0.2) is 54.6 Å². The molecule has 2 aromatic rings. The molecule has 1 saturated carbocycles. The summed E-state index contributed by atoms with van der Waals surface area (Å²) in [5.74, 6) is -1.42. The van der Waals surface area contributed by atoms with E-state index in [0.717, 1.165) is 36.1 Å². The van der Waals surface area contributed by atoms with E-state index in [4.69, 9.17) is 0 Å². The molecule has 0 unspecified atom stereocenters. The minimum Gasteiger partial charge on any atom is -0.337 e. The lowest BCUT2D eigenvalue weighted by molar-refractivity contribution is -0.146. The van der Waals surface area contributed by atoms with Gasteiger partial charge in [-0.3, -0.25) is 24.1 Å². The number of hydrogen-bond donors (Lipinski definition) is 1. The highest BCUT2D eigenvalue weighted by Crippen LogP contribution is 2.38. The van der Waals surface area contributed by atoms with Crippen LogP contribution >= 0.6 is 0 Å². The van der Waals surface area contributed by atoms with E-state index < -0.39 is 0 Å². The number of amides is 4. The van der Waals surface area contributed by atoms with E-state index in [-0.39, 0.29) is 48.1 Å². The Morgan fingerprint density at radius 2 is 1.64 bits per heavy atom. The fraction of sp³-hybridized carbons (Fsp3) is 0.385. The van der Waals surface area contributed by atoms with Crippen molar-refractivity contribution in [2.45, 2.75) is 38.6 Å². The van der Waals surface area contributed by atoms with Crippen molar-refractivity contribution in [2.24, 2.45) is 11.8 Å². The Balaban J connectivity index is 1.41. The second-order valence-electron chi connectivity index (χ2n) is 8.89. The Morgan fingerprint density at radius 3 is 2.27 bits per heavy atom. The van der Waals surface area contributed by atoms with Gasteiger partial charge in [-0.1, -0.05) is 43.2 Å². The second kappa shape index (κ2) is 9.57. The van der Waals surface area contributed by atoms with Crippen LogP contribution in [-0.4, -0.2) is 47.0 Å². The molecule has 33 heavy (non-hydrogen) atoms. The number of likely N-dealkylation sites (N-methyl/N-ethyl adjacent to an activating group) is 1. The third-order valence-corrected chi connectivity index (χ3v) is 6.86. The molecule has 1 aliphatic heterocycles. The third-order valence-electron chi connectivity index (χ3n) is 6.86. The summed E-state index contributed by atoms with van der Waals surface area (Å²) >= 11 is 0. The van der Waals surface area contributed by atoms with Crippen LogP contribution in [0.25, 0.3) is 0 Å². The van der Waals surface area contributed by atoms with Gasteiger partial charge in [-0.15, -0.1) is 0 Å². The number of nitrogens with zero attached hydrogens (tertiary/aromatic N) is 2. The first kappa shape index (κ1) is 22.7. The normalized spacial score (nSPS) is 20.8. The van der Waals surface area contributed by atoms with Crippen LogP contribution in [0, 0.1) is 11.8 Å². The Hall–Kier alpha value is -3.48. The Labute approximate surface area is 193 Å². The fourth-order valence-electron chi connectivity index (χ4n) is 4.74. The molecule has 172 valence electrons. The molecule has 2 aromatic carbocycles. The maximum Gasteiger partial charge on any atom is 0.255 e. The molecular weight excluding hydrogens is 418 g/mol. The van der Waals surface area contributed by atoms with Gasteiger partial charge in [0.2, 0.25) is 17.7 Å². The highest BCUT2D eigenvalue weighted by molar-refractivity contribution is 6.07. The maximum absolute atomic E-state index is 13.0. The largest absolute Gasteiger partial charge is 0.337 e. The van der Waals surface area contributed by atoms with Gasteiger partial charge >= 0.3 is 0 Å². The first-order chi connectivity index (χ1) is 15.9. The number of rotatable bonds is 6. The Kier molecular flexibility index (Phi) is 6.58. The molecule has 0 bridgehead atoms. The van der Waals surface area contributed by atoms with E-state index in [1.54, 1.807) is 42.3 Å². The second-order valence-corrected chi connectivity index (χ2v) is 8.89. The molecule has 2 aliphatic rings. The van der Waals surface area contributed by atoms with Crippen molar-refractivity contribution in [1.29, 1.82) is 0 Å². The zero-order valence-corrected chi connectivity index (χ0v) is 19.0. The summed E-state index contributed by atoms with van der Waals surface area (Å²) in [6, 6.07) is 16.0. The molecule has 4 rings (SSSR count). The number of anilines is 1. The van der Waals surface area contributed by atoms with Gasteiger partial charge < -0.3 is 10.2 Å². The molecule has 0 aromatic heterocycles. The average Bonchev–Trinajstić information content (AvgIpc) is 3.08. The lowest BCUT2D eigenvalue weighted by atomic mass is 9.81. The SMILES string of the molecule is C[C@@H](c1cccc(NC(=O)c2ccccc2)c1)N(C)C(=O)CN1C(=O)[C@H]2CCCC[C@@H]2C1=O. The molecule has 7 heteroatoms. The van der Waals surface area contributed by atoms with E-state index in [1.165, 1.54) is 0 Å². The predicted molar refractivity (Wildman–Crippen MR) is 124 cm³/mol. The highest BCUT2D eigenvalue weighted by atomic mass is 16.2. The standard InChI is InChI=1S/C26H29N3O4/c1-17(19-11-8-12-20(15-19)27-24(31)18-9-4-3-5-10-18)28(2)23(30)16-29-25(32)21-13-6-7-14-22(21)26(29)33/h3-5,8-12,15,17,21-22H,6-7,13-14,16H2,1-2H3,(H,27,31)/t17-,21-,22-/m0/s1. The van der Waals surface area contributed by atoms with E-state index in [2.05, 4.69) is 5.32 Å². The molecule has 1 N–H and O–H groups in total. The number of carbonyl (C=O) groups is 4. The molecule has 0 radical (unpaired) electrons. The fourth-order valence-corrected chi connectivity index (χ4v) is 4.74. The molecule has 3 atom stereocenters. The van der Waals surface area contributed by atoms with Crippen molar-refractivity contribution >= 4 is 29.3 Å². The summed E-state index contributed by atoms with van der Waals surface area (Å²) in [6.07, 6.45) is 3.37. The van der Waals surface area contributed by atoms with Gasteiger partial charge in [-0.25, -0.2) is 0 Å². The molecule has 1 saturated heterocycles. The number of hydrogen-bond acceptors (Lipinski definition) is 4. The number of likely N-dealkylation sites (tertiary alicyclic amines) is 1. The van der Waals surface area contributed by atoms with Crippen LogP contribution in [0.1, 0.15) is 54.6 Å². The van der Waals surface area contributed by atoms with E-state index in [9.17, 15) is 19.2 Å². The lowest BCUT2D eigenvalue weighted by Crippen LogP contribution is -2.42. The van der Waals surface area contributed by atoms with Gasteiger partial charge in [-0.2, -0.15) is 0 Å². The lowest BCUT2D eigenvalue weighted by Gasteiger charge is -2.27. The van der Waals surface area contributed by atoms with Crippen molar-refractivity contribution in [3.63, 3.8) is 0 Å². The average molecular weight is 448 g/mol. The first-order valence-corrected chi connectivity index (χ1v) is 11.4. The summed E-state index contributed by atoms with van der Waals surface area (Å²) in [7, 11) is 1.67. The molecule has 1 heterocycles. The first-order valence-electron chi connectivity index (χ1n) is 11.4. The number of carbonyl (C=O) groups excluding carboxylic acids is 4. The smallest absolute Gasteiger partial charge is 0.255 e. The monoisotopic (exact) mass is 447 g/mol. The maximum atomic E-state index is 13.0. The van der Waals surface area contributed by atoms with Crippen LogP contribution in [0.2, 0.25) is 0 Å². The number of benzene rings is 2. The topological polar surface area (TPSA) is 86.8 Å². The van der Waals surface area contributed by atoms with Crippen LogP contribution < -0.4 is 5.32 Å². The van der Waals surface area contributed by atoms with Gasteiger partial charge in [0, 0.05) is 18.3 Å². The minimum absolute atomic E-state index is 0.204. The van der Waals surface area contributed by atoms with Crippen molar-refractivity contribution in [1.82, 2.24) is 9.80 Å². The molecular formula is C26H29N3O4. The molecule has 0 spiro atoms. The number of nitrogens with one attached hydrogen (secondary N) is 1. The van der Waals surface area contributed by atoms with Gasteiger partial charge in [0.05, 0.1) is 17.9 Å². The molecule has 4 amide bonds. The van der Waals surface area contributed by atoms with E-state index >= 15 is 0 Å². The predicted octanol–water partition coefficient (Wildman–Crippen LogP) is 3.63. The van der Waals surface area contributed by atoms with Crippen molar-refractivity contribution < 1.29 is 19.2 Å². The Bertz CT molecular complexity index is 1040. The van der Waals surface area contributed by atoms with Gasteiger partial charge in [0.1, 0.15) is 6.54 Å². The quantitative estimate of drug-likeness (QED) is 0.685. The Morgan fingerprint density at radius 1 is 1.00 bits per heavy atom. The number of imide groups is 1. The highest BCUT2D eigenvalue weighted by Gasteiger charge is 2.48. The summed E-state index contributed by atoms with van der Waals surface area (Å²) in [4.78, 5) is 53.5. The zero-order chi connectivity index (χ0) is 23.5. The summed E-state index contributed by atoms with van der Waals surface area (Å²) in [5.41, 5.74) is 2.02. The van der Waals surface area contributed by atoms with Crippen LogP contribution in [0.4, 0.5) is 5.69 Å². The molecule has 1 aliphatic carbocycles. The third kappa shape index (κ3) is 4.67. The van der Waals surface area contributed by atoms with Crippen LogP contribution in [0.5, 0.6) is 0 Å². The summed E-state index contributed by atoms with van der Waals surface area (Å²) in [5, 5.41) is 2.88. The number of fused-ring (bicyclic) bond motifs is 1. The summed E-state index contributed by atoms with van der Waals surface area (Å²) in [6.45, 7) is 1.65. The van der Waals surface area contributed by atoms with Gasteiger partial charge in [0.15, 0.2) is 0 Å². The van der Waals surface area contributed by atoms with Crippen LogP contribution in [-0.2, 0) is 14.4 Å². The zero-order valence-electron chi connectivity index (χ0n) is 19.0. The van der Waals surface area contributed by atoms with Gasteiger partial charge in [0.25, 0.3) is 5.91 Å². The van der Waals surface area contributed by atoms with Crippen molar-refractivity contribution in [3.05, 3.63) is 65.7 Å². The van der Waals surface area contributed by atoms with Crippen LogP contribution in [0.3, 0.4) is 0 Å². The van der Waals surface area contributed by atoms with E-state index in [1.807, 2.05) is 31.2 Å². The molecule has 2 fully saturated rings. The van der Waals surface area contributed by atoms with E-state index in [0.29, 0.717) is 11.3 Å². The van der Waals surface area contributed by atoms with Crippen molar-refractivity contribution in [3.8, 4) is 0 Å². The summed E-state index contributed by atoms with van der Waals surface area (Å²) < 4.78 is 0. The van der Waals surface area contributed by atoms with Gasteiger partial charge in [-0.05, 0) is 49.6 Å². The molecule has 7 nitrogen and oxygen atoms in total. The van der Waals surface area contributed by atoms with Crippen molar-refractivity contribution in [2.75, 3.05) is 18.9 Å².